The van der Waals surface area contributed by atoms with Crippen LogP contribution in [-0.4, -0.2) is 73.7 Å². The van der Waals surface area contributed by atoms with Crippen LogP contribution in [0, 0.1) is 11.7 Å². The van der Waals surface area contributed by atoms with Gasteiger partial charge in [0.05, 0.1) is 18.8 Å². The van der Waals surface area contributed by atoms with Gasteiger partial charge in [0.25, 0.3) is 0 Å². The Kier molecular flexibility index (Phi) is 9.09. The minimum absolute atomic E-state index is 0.0165. The lowest BCUT2D eigenvalue weighted by Crippen LogP contribution is -2.48. The Bertz CT molecular complexity index is 943. The first-order chi connectivity index (χ1) is 16.3. The molecule has 0 bridgehead atoms. The number of amides is 2. The standard InChI is InChI=1S/C25H34FN3O5/c1-17(12-29(18(2)15-30)25(31)27-21-8-6-20(26)7-9-21)24(32-4)14-28(3)13-19-5-10-22-23(11-19)34-16-33-22/h5-11,17-18,24,30H,12-16H2,1-4H3,(H,27,31)/t17-,18+,24+/m1/s1. The van der Waals surface area contributed by atoms with Crippen LogP contribution in [0.1, 0.15) is 19.4 Å². The Morgan fingerprint density at radius 3 is 2.53 bits per heavy atom. The van der Waals surface area contributed by atoms with E-state index in [1.165, 1.54) is 24.3 Å². The Morgan fingerprint density at radius 1 is 1.15 bits per heavy atom. The minimum Gasteiger partial charge on any atom is -0.454 e. The molecule has 0 aromatic heterocycles. The van der Waals surface area contributed by atoms with Gasteiger partial charge in [-0.1, -0.05) is 13.0 Å². The van der Waals surface area contributed by atoms with Crippen LogP contribution >= 0.6 is 0 Å². The predicted octanol–water partition coefficient (Wildman–Crippen LogP) is 3.55. The van der Waals surface area contributed by atoms with Crippen LogP contribution in [0.2, 0.25) is 0 Å². The number of carbonyl (C=O) groups excluding carboxylic acids is 1. The number of hydrogen-bond donors (Lipinski definition) is 2. The maximum atomic E-state index is 13.2. The van der Waals surface area contributed by atoms with E-state index in [9.17, 15) is 14.3 Å². The number of benzene rings is 2. The Labute approximate surface area is 200 Å². The molecule has 34 heavy (non-hydrogen) atoms. The summed E-state index contributed by atoms with van der Waals surface area (Å²) in [6, 6.07) is 10.7. The molecule has 0 unspecified atom stereocenters. The second-order valence-electron chi connectivity index (χ2n) is 8.76. The molecule has 2 N–H and O–H groups in total. The molecule has 0 spiro atoms. The first kappa shape index (κ1) is 25.7. The monoisotopic (exact) mass is 475 g/mol. The van der Waals surface area contributed by atoms with Crippen molar-refractivity contribution >= 4 is 11.7 Å². The highest BCUT2D eigenvalue weighted by atomic mass is 19.1. The normalized spacial score (nSPS) is 15.1. The quantitative estimate of drug-likeness (QED) is 0.517. The highest BCUT2D eigenvalue weighted by Gasteiger charge is 2.27. The number of fused-ring (bicyclic) bond motifs is 1. The van der Waals surface area contributed by atoms with Gasteiger partial charge in [-0.2, -0.15) is 0 Å². The third-order valence-corrected chi connectivity index (χ3v) is 5.96. The SMILES string of the molecule is CO[C@@H](CN(C)Cc1ccc2c(c1)OCO2)[C@H](C)CN(C(=O)Nc1ccc(F)cc1)[C@@H](C)CO. The lowest BCUT2D eigenvalue weighted by molar-refractivity contribution is 0.0177. The molecular weight excluding hydrogens is 441 g/mol. The fourth-order valence-electron chi connectivity index (χ4n) is 3.93. The number of aliphatic hydroxyl groups is 1. The molecular formula is C25H34FN3O5. The van der Waals surface area contributed by atoms with Gasteiger partial charge in [0, 0.05) is 38.3 Å². The van der Waals surface area contributed by atoms with E-state index < -0.39 is 6.04 Å². The van der Waals surface area contributed by atoms with Gasteiger partial charge in [0.1, 0.15) is 5.82 Å². The zero-order valence-corrected chi connectivity index (χ0v) is 20.2. The topological polar surface area (TPSA) is 83.5 Å². The number of urea groups is 1. The van der Waals surface area contributed by atoms with E-state index in [0.29, 0.717) is 25.3 Å². The zero-order valence-electron chi connectivity index (χ0n) is 20.2. The molecule has 1 heterocycles. The van der Waals surface area contributed by atoms with Crippen molar-refractivity contribution in [3.8, 4) is 11.5 Å². The molecule has 8 nitrogen and oxygen atoms in total. The highest BCUT2D eigenvalue weighted by Crippen LogP contribution is 2.32. The van der Waals surface area contributed by atoms with Crippen molar-refractivity contribution in [2.75, 3.05) is 46.0 Å². The van der Waals surface area contributed by atoms with Crippen molar-refractivity contribution in [2.45, 2.75) is 32.5 Å². The average Bonchev–Trinajstić information content (AvgIpc) is 3.29. The molecule has 0 aliphatic carbocycles. The predicted molar refractivity (Wildman–Crippen MR) is 128 cm³/mol. The van der Waals surface area contributed by atoms with Crippen LogP contribution < -0.4 is 14.8 Å². The molecule has 1 aliphatic rings. The fourth-order valence-corrected chi connectivity index (χ4v) is 3.93. The summed E-state index contributed by atoms with van der Waals surface area (Å²) >= 11 is 0. The molecule has 0 radical (unpaired) electrons. The van der Waals surface area contributed by atoms with Gasteiger partial charge in [-0.05, 0) is 55.9 Å². The van der Waals surface area contributed by atoms with Gasteiger partial charge < -0.3 is 29.5 Å². The minimum atomic E-state index is -0.397. The van der Waals surface area contributed by atoms with Gasteiger partial charge in [-0.15, -0.1) is 0 Å². The van der Waals surface area contributed by atoms with E-state index in [0.717, 1.165) is 17.1 Å². The molecule has 3 atom stereocenters. The van der Waals surface area contributed by atoms with Crippen LogP contribution in [0.15, 0.2) is 42.5 Å². The van der Waals surface area contributed by atoms with Crippen molar-refractivity contribution < 1.29 is 28.5 Å². The number of rotatable bonds is 11. The van der Waals surface area contributed by atoms with Gasteiger partial charge >= 0.3 is 6.03 Å². The third-order valence-electron chi connectivity index (χ3n) is 5.96. The van der Waals surface area contributed by atoms with Crippen molar-refractivity contribution in [2.24, 2.45) is 5.92 Å². The third kappa shape index (κ3) is 6.82. The van der Waals surface area contributed by atoms with E-state index >= 15 is 0 Å². The molecule has 0 saturated carbocycles. The maximum absolute atomic E-state index is 13.2. The second-order valence-corrected chi connectivity index (χ2v) is 8.76. The molecule has 186 valence electrons. The highest BCUT2D eigenvalue weighted by molar-refractivity contribution is 5.89. The first-order valence-corrected chi connectivity index (χ1v) is 11.3. The summed E-state index contributed by atoms with van der Waals surface area (Å²) in [5.41, 5.74) is 1.59. The largest absolute Gasteiger partial charge is 0.454 e. The summed E-state index contributed by atoms with van der Waals surface area (Å²) in [6.07, 6.45) is -0.147. The van der Waals surface area contributed by atoms with Crippen molar-refractivity contribution in [3.63, 3.8) is 0 Å². The van der Waals surface area contributed by atoms with Crippen LogP contribution in [0.4, 0.5) is 14.9 Å². The van der Waals surface area contributed by atoms with Gasteiger partial charge in [-0.25, -0.2) is 9.18 Å². The van der Waals surface area contributed by atoms with Crippen LogP contribution in [-0.2, 0) is 11.3 Å². The smallest absolute Gasteiger partial charge is 0.322 e. The maximum Gasteiger partial charge on any atom is 0.322 e. The van der Waals surface area contributed by atoms with Crippen molar-refractivity contribution in [1.82, 2.24) is 9.80 Å². The van der Waals surface area contributed by atoms with Crippen molar-refractivity contribution in [3.05, 3.63) is 53.8 Å². The van der Waals surface area contributed by atoms with Crippen LogP contribution in [0.25, 0.3) is 0 Å². The summed E-state index contributed by atoms with van der Waals surface area (Å²) < 4.78 is 29.8. The average molecular weight is 476 g/mol. The van der Waals surface area contributed by atoms with E-state index in [1.54, 1.807) is 18.9 Å². The number of aliphatic hydroxyl groups excluding tert-OH is 1. The number of carbonyl (C=O) groups is 1. The first-order valence-electron chi connectivity index (χ1n) is 11.3. The Balaban J connectivity index is 1.59. The molecule has 2 amide bonds. The zero-order chi connectivity index (χ0) is 24.7. The number of nitrogens with one attached hydrogen (secondary N) is 1. The van der Waals surface area contributed by atoms with E-state index in [1.807, 2.05) is 32.2 Å². The second kappa shape index (κ2) is 12.0. The number of hydrogen-bond acceptors (Lipinski definition) is 6. The molecule has 0 fully saturated rings. The number of methoxy groups -OCH3 is 1. The van der Waals surface area contributed by atoms with Crippen molar-refractivity contribution in [1.29, 1.82) is 0 Å². The summed E-state index contributed by atoms with van der Waals surface area (Å²) in [5.74, 6) is 1.12. The molecule has 3 rings (SSSR count). The summed E-state index contributed by atoms with van der Waals surface area (Å²) in [4.78, 5) is 16.7. The van der Waals surface area contributed by atoms with Gasteiger partial charge in [-0.3, -0.25) is 4.90 Å². The Hall–Kier alpha value is -2.88. The number of halogens is 1. The molecule has 1 aliphatic heterocycles. The van der Waals surface area contributed by atoms with Gasteiger partial charge in [0.15, 0.2) is 11.5 Å². The molecule has 0 saturated heterocycles. The molecule has 2 aromatic rings. The van der Waals surface area contributed by atoms with E-state index in [2.05, 4.69) is 10.2 Å². The van der Waals surface area contributed by atoms with E-state index in [-0.39, 0.29) is 37.3 Å². The van der Waals surface area contributed by atoms with E-state index in [4.69, 9.17) is 14.2 Å². The number of ether oxygens (including phenoxy) is 3. The summed E-state index contributed by atoms with van der Waals surface area (Å²) in [7, 11) is 3.67. The summed E-state index contributed by atoms with van der Waals surface area (Å²) in [6.45, 7) is 5.60. The van der Waals surface area contributed by atoms with Crippen LogP contribution in [0.5, 0.6) is 11.5 Å². The fraction of sp³-hybridized carbons (Fsp3) is 0.480. The number of anilines is 1. The molecule has 9 heteroatoms. The lowest BCUT2D eigenvalue weighted by Gasteiger charge is -2.34. The Morgan fingerprint density at radius 2 is 1.85 bits per heavy atom. The van der Waals surface area contributed by atoms with Gasteiger partial charge in [0.2, 0.25) is 6.79 Å². The summed E-state index contributed by atoms with van der Waals surface area (Å²) in [5, 5.41) is 12.5. The van der Waals surface area contributed by atoms with Crippen LogP contribution in [0.3, 0.4) is 0 Å². The lowest BCUT2D eigenvalue weighted by atomic mass is 10.0. The molecule has 2 aromatic carbocycles. The number of nitrogens with zero attached hydrogens (tertiary/aromatic N) is 2. The number of likely N-dealkylation sites (N-methyl/N-ethyl adjacent to an activating group) is 1.